The van der Waals surface area contributed by atoms with E-state index in [9.17, 15) is 4.79 Å². The SMILES string of the molecule is CC(C)N1CC(C)(C)N(C)CC1OC=O. The molecule has 0 saturated carbocycles. The zero-order valence-electron chi connectivity index (χ0n) is 10.4. The first-order valence-corrected chi connectivity index (χ1v) is 5.44. The second-order valence-corrected chi connectivity index (χ2v) is 5.15. The van der Waals surface area contributed by atoms with Gasteiger partial charge in [0, 0.05) is 24.7 Å². The van der Waals surface area contributed by atoms with E-state index in [0.29, 0.717) is 12.5 Å². The predicted octanol–water partition coefficient (Wildman–Crippen LogP) is 0.920. The summed E-state index contributed by atoms with van der Waals surface area (Å²) in [6, 6.07) is 0.392. The van der Waals surface area contributed by atoms with Crippen LogP contribution in [-0.4, -0.2) is 54.2 Å². The van der Waals surface area contributed by atoms with Crippen LogP contribution in [0.4, 0.5) is 0 Å². The molecule has 0 amide bonds. The second-order valence-electron chi connectivity index (χ2n) is 5.15. The van der Waals surface area contributed by atoms with Gasteiger partial charge in [-0.2, -0.15) is 0 Å². The van der Waals surface area contributed by atoms with E-state index in [1.165, 1.54) is 0 Å². The smallest absolute Gasteiger partial charge is 0.294 e. The Balaban J connectivity index is 2.76. The molecule has 1 rings (SSSR count). The molecule has 0 radical (unpaired) electrons. The minimum atomic E-state index is -0.111. The molecule has 1 heterocycles. The van der Waals surface area contributed by atoms with Gasteiger partial charge in [-0.25, -0.2) is 0 Å². The number of nitrogens with zero attached hydrogens (tertiary/aromatic N) is 2. The first kappa shape index (κ1) is 12.5. The van der Waals surface area contributed by atoms with Gasteiger partial charge in [0.05, 0.1) is 0 Å². The minimum absolute atomic E-state index is 0.111. The summed E-state index contributed by atoms with van der Waals surface area (Å²) in [6.45, 7) is 10.9. The van der Waals surface area contributed by atoms with E-state index in [2.05, 4.69) is 44.5 Å². The fraction of sp³-hybridized carbons (Fsp3) is 0.909. The van der Waals surface area contributed by atoms with Crippen molar-refractivity contribution < 1.29 is 9.53 Å². The van der Waals surface area contributed by atoms with E-state index in [1.54, 1.807) is 0 Å². The Kier molecular flexibility index (Phi) is 3.73. The molecule has 1 saturated heterocycles. The largest absolute Gasteiger partial charge is 0.447 e. The Hall–Kier alpha value is -0.610. The molecule has 0 bridgehead atoms. The second kappa shape index (κ2) is 4.49. The van der Waals surface area contributed by atoms with Gasteiger partial charge in [0.25, 0.3) is 6.47 Å². The zero-order valence-corrected chi connectivity index (χ0v) is 10.4. The number of rotatable bonds is 3. The highest BCUT2D eigenvalue weighted by atomic mass is 16.5. The van der Waals surface area contributed by atoms with Crippen LogP contribution >= 0.6 is 0 Å². The Morgan fingerprint density at radius 3 is 2.53 bits per heavy atom. The average molecular weight is 214 g/mol. The van der Waals surface area contributed by atoms with Gasteiger partial charge in [0.15, 0.2) is 6.23 Å². The Bertz CT molecular complexity index is 229. The lowest BCUT2D eigenvalue weighted by Crippen LogP contribution is -2.64. The highest BCUT2D eigenvalue weighted by molar-refractivity contribution is 5.37. The van der Waals surface area contributed by atoms with Crippen LogP contribution in [0.2, 0.25) is 0 Å². The Morgan fingerprint density at radius 2 is 2.07 bits per heavy atom. The van der Waals surface area contributed by atoms with E-state index in [0.717, 1.165) is 13.1 Å². The van der Waals surface area contributed by atoms with E-state index in [-0.39, 0.29) is 11.8 Å². The van der Waals surface area contributed by atoms with Crippen molar-refractivity contribution in [3.63, 3.8) is 0 Å². The Morgan fingerprint density at radius 1 is 1.47 bits per heavy atom. The van der Waals surface area contributed by atoms with E-state index >= 15 is 0 Å². The predicted molar refractivity (Wildman–Crippen MR) is 59.5 cm³/mol. The maximum absolute atomic E-state index is 10.4. The van der Waals surface area contributed by atoms with Crippen molar-refractivity contribution in [3.8, 4) is 0 Å². The first-order chi connectivity index (χ1) is 6.88. The molecule has 0 aromatic carbocycles. The van der Waals surface area contributed by atoms with Crippen LogP contribution in [0, 0.1) is 0 Å². The summed E-state index contributed by atoms with van der Waals surface area (Å²) in [5.74, 6) is 0. The van der Waals surface area contributed by atoms with Crippen molar-refractivity contribution in [1.82, 2.24) is 9.80 Å². The van der Waals surface area contributed by atoms with Gasteiger partial charge in [-0.3, -0.25) is 14.6 Å². The van der Waals surface area contributed by atoms with Crippen molar-refractivity contribution in [1.29, 1.82) is 0 Å². The molecular weight excluding hydrogens is 192 g/mol. The molecule has 0 aromatic heterocycles. The number of ether oxygens (including phenoxy) is 1. The molecule has 0 N–H and O–H groups in total. The summed E-state index contributed by atoms with van der Waals surface area (Å²) in [6.07, 6.45) is -0.111. The van der Waals surface area contributed by atoms with Crippen molar-refractivity contribution in [2.45, 2.75) is 45.5 Å². The van der Waals surface area contributed by atoms with Crippen LogP contribution in [0.3, 0.4) is 0 Å². The van der Waals surface area contributed by atoms with Gasteiger partial charge in [-0.1, -0.05) is 0 Å². The van der Waals surface area contributed by atoms with Crippen molar-refractivity contribution >= 4 is 6.47 Å². The van der Waals surface area contributed by atoms with Crippen LogP contribution in [0.15, 0.2) is 0 Å². The third kappa shape index (κ3) is 2.69. The lowest BCUT2D eigenvalue weighted by molar-refractivity contribution is -0.161. The molecule has 1 unspecified atom stereocenters. The highest BCUT2D eigenvalue weighted by Gasteiger charge is 2.38. The molecule has 0 aromatic rings. The molecule has 0 spiro atoms. The molecule has 1 atom stereocenters. The van der Waals surface area contributed by atoms with Crippen LogP contribution < -0.4 is 0 Å². The van der Waals surface area contributed by atoms with Crippen LogP contribution in [-0.2, 0) is 9.53 Å². The maximum Gasteiger partial charge on any atom is 0.294 e. The van der Waals surface area contributed by atoms with Crippen LogP contribution in [0.25, 0.3) is 0 Å². The summed E-state index contributed by atoms with van der Waals surface area (Å²) >= 11 is 0. The number of piperazine rings is 1. The molecule has 4 heteroatoms. The molecular formula is C11H22N2O2. The summed E-state index contributed by atoms with van der Waals surface area (Å²) in [4.78, 5) is 14.9. The monoisotopic (exact) mass is 214 g/mol. The summed E-state index contributed by atoms with van der Waals surface area (Å²) in [7, 11) is 2.07. The van der Waals surface area contributed by atoms with E-state index in [1.807, 2.05) is 0 Å². The lowest BCUT2D eigenvalue weighted by Gasteiger charge is -2.50. The summed E-state index contributed by atoms with van der Waals surface area (Å²) in [5, 5.41) is 0. The zero-order chi connectivity index (χ0) is 11.6. The quantitative estimate of drug-likeness (QED) is 0.654. The van der Waals surface area contributed by atoms with E-state index in [4.69, 9.17) is 4.74 Å². The molecule has 1 aliphatic heterocycles. The molecule has 0 aliphatic carbocycles. The van der Waals surface area contributed by atoms with Gasteiger partial charge < -0.3 is 4.74 Å². The number of hydrogen-bond donors (Lipinski definition) is 0. The number of carbonyl (C=O) groups is 1. The summed E-state index contributed by atoms with van der Waals surface area (Å²) in [5.41, 5.74) is 0.132. The third-order valence-electron chi connectivity index (χ3n) is 3.28. The van der Waals surface area contributed by atoms with Crippen LogP contribution in [0.5, 0.6) is 0 Å². The molecule has 4 nitrogen and oxygen atoms in total. The molecule has 88 valence electrons. The maximum atomic E-state index is 10.4. The molecule has 1 fully saturated rings. The lowest BCUT2D eigenvalue weighted by atomic mass is 9.98. The molecule has 15 heavy (non-hydrogen) atoms. The number of carbonyl (C=O) groups excluding carboxylic acids is 1. The molecule has 1 aliphatic rings. The highest BCUT2D eigenvalue weighted by Crippen LogP contribution is 2.24. The van der Waals surface area contributed by atoms with Gasteiger partial charge in [0.2, 0.25) is 0 Å². The van der Waals surface area contributed by atoms with Gasteiger partial charge in [0.1, 0.15) is 0 Å². The third-order valence-corrected chi connectivity index (χ3v) is 3.28. The standard InChI is InChI=1S/C11H22N2O2/c1-9(2)13-7-11(3,4)12(5)6-10(13)15-8-14/h8-10H,6-7H2,1-5H3. The van der Waals surface area contributed by atoms with Crippen molar-refractivity contribution in [2.75, 3.05) is 20.1 Å². The number of hydrogen-bond acceptors (Lipinski definition) is 4. The van der Waals surface area contributed by atoms with Crippen molar-refractivity contribution in [3.05, 3.63) is 0 Å². The average Bonchev–Trinajstić information content (AvgIpc) is 2.11. The van der Waals surface area contributed by atoms with E-state index < -0.39 is 0 Å². The van der Waals surface area contributed by atoms with Gasteiger partial charge in [-0.05, 0) is 34.7 Å². The summed E-state index contributed by atoms with van der Waals surface area (Å²) < 4.78 is 5.12. The first-order valence-electron chi connectivity index (χ1n) is 5.44. The topological polar surface area (TPSA) is 32.8 Å². The van der Waals surface area contributed by atoms with Crippen molar-refractivity contribution in [2.24, 2.45) is 0 Å². The Labute approximate surface area is 92.2 Å². The fourth-order valence-electron chi connectivity index (χ4n) is 1.96. The normalized spacial score (nSPS) is 28.0. The number of likely N-dealkylation sites (N-methyl/N-ethyl adjacent to an activating group) is 1. The van der Waals surface area contributed by atoms with Crippen LogP contribution in [0.1, 0.15) is 27.7 Å². The minimum Gasteiger partial charge on any atom is -0.447 e. The van der Waals surface area contributed by atoms with Gasteiger partial charge in [-0.15, -0.1) is 0 Å². The fourth-order valence-corrected chi connectivity index (χ4v) is 1.96. The van der Waals surface area contributed by atoms with Gasteiger partial charge >= 0.3 is 0 Å².